The van der Waals surface area contributed by atoms with Crippen LogP contribution < -0.4 is 10.6 Å². The van der Waals surface area contributed by atoms with Gasteiger partial charge in [0.2, 0.25) is 0 Å². The summed E-state index contributed by atoms with van der Waals surface area (Å²) in [7, 11) is 2.17. The zero-order chi connectivity index (χ0) is 14.0. The Labute approximate surface area is 121 Å². The molecule has 1 aromatic rings. The Balaban J connectivity index is 2.16. The van der Waals surface area contributed by atoms with Crippen LogP contribution in [0.2, 0.25) is 5.02 Å². The zero-order valence-electron chi connectivity index (χ0n) is 12.1. The van der Waals surface area contributed by atoms with Crippen molar-refractivity contribution in [2.45, 2.75) is 32.4 Å². The third kappa shape index (κ3) is 3.62. The average Bonchev–Trinajstić information content (AvgIpc) is 2.30. The van der Waals surface area contributed by atoms with E-state index < -0.39 is 0 Å². The third-order valence-corrected chi connectivity index (χ3v) is 4.01. The summed E-state index contributed by atoms with van der Waals surface area (Å²) >= 11 is 6.45. The maximum absolute atomic E-state index is 6.45. The molecule has 1 aliphatic rings. The molecular formula is C15H24ClN3. The molecule has 0 aromatic heterocycles. The van der Waals surface area contributed by atoms with Gasteiger partial charge in [-0.1, -0.05) is 17.7 Å². The van der Waals surface area contributed by atoms with Crippen molar-refractivity contribution in [1.29, 1.82) is 0 Å². The molecule has 1 heterocycles. The first-order valence-corrected chi connectivity index (χ1v) is 7.34. The SMILES string of the molecule is CC(N)Cc1ccc(N2CCN(C)CC2C)c(Cl)c1. The van der Waals surface area contributed by atoms with Crippen LogP contribution in [0.1, 0.15) is 19.4 Å². The van der Waals surface area contributed by atoms with Crippen molar-refractivity contribution in [2.75, 3.05) is 31.6 Å². The summed E-state index contributed by atoms with van der Waals surface area (Å²) in [6.07, 6.45) is 0.873. The number of nitrogens with two attached hydrogens (primary N) is 1. The Kier molecular flexibility index (Phi) is 4.71. The van der Waals surface area contributed by atoms with Crippen molar-refractivity contribution in [1.82, 2.24) is 4.90 Å². The van der Waals surface area contributed by atoms with Gasteiger partial charge < -0.3 is 15.5 Å². The summed E-state index contributed by atoms with van der Waals surface area (Å²) in [6.45, 7) is 7.47. The van der Waals surface area contributed by atoms with Gasteiger partial charge in [0.05, 0.1) is 10.7 Å². The minimum absolute atomic E-state index is 0.171. The molecule has 0 bridgehead atoms. The van der Waals surface area contributed by atoms with E-state index in [-0.39, 0.29) is 6.04 Å². The predicted octanol–water partition coefficient (Wildman–Crippen LogP) is 2.37. The van der Waals surface area contributed by atoms with Gasteiger partial charge in [0.25, 0.3) is 0 Å². The molecule has 2 rings (SSSR count). The standard InChI is InChI=1S/C15H24ClN3/c1-11(17)8-13-4-5-15(14(16)9-13)19-7-6-18(3)10-12(19)2/h4-5,9,11-12H,6-8,10,17H2,1-3H3. The predicted molar refractivity (Wildman–Crippen MR) is 83.1 cm³/mol. The highest BCUT2D eigenvalue weighted by molar-refractivity contribution is 6.33. The van der Waals surface area contributed by atoms with Crippen molar-refractivity contribution in [3.8, 4) is 0 Å². The summed E-state index contributed by atoms with van der Waals surface area (Å²) in [5, 5.41) is 0.842. The summed E-state index contributed by atoms with van der Waals surface area (Å²) in [6, 6.07) is 7.02. The fourth-order valence-electron chi connectivity index (χ4n) is 2.78. The summed E-state index contributed by atoms with van der Waals surface area (Å²) in [4.78, 5) is 4.76. The number of halogens is 1. The van der Waals surface area contributed by atoms with Gasteiger partial charge in [-0.3, -0.25) is 0 Å². The summed E-state index contributed by atoms with van der Waals surface area (Å²) in [5.74, 6) is 0. The lowest BCUT2D eigenvalue weighted by Crippen LogP contribution is -2.50. The first-order valence-electron chi connectivity index (χ1n) is 6.96. The van der Waals surface area contributed by atoms with E-state index in [1.54, 1.807) is 0 Å². The summed E-state index contributed by atoms with van der Waals surface area (Å²) < 4.78 is 0. The number of rotatable bonds is 3. The second kappa shape index (κ2) is 6.12. The number of hydrogen-bond acceptors (Lipinski definition) is 3. The van der Waals surface area contributed by atoms with E-state index in [2.05, 4.69) is 42.0 Å². The van der Waals surface area contributed by atoms with Crippen LogP contribution in [0.25, 0.3) is 0 Å². The van der Waals surface area contributed by atoms with Crippen LogP contribution in [-0.2, 0) is 6.42 Å². The van der Waals surface area contributed by atoms with Crippen LogP contribution in [-0.4, -0.2) is 43.7 Å². The molecule has 2 atom stereocenters. The van der Waals surface area contributed by atoms with Gasteiger partial charge in [-0.15, -0.1) is 0 Å². The molecule has 0 radical (unpaired) electrons. The van der Waals surface area contributed by atoms with Crippen LogP contribution in [0, 0.1) is 0 Å². The Bertz CT molecular complexity index is 433. The molecular weight excluding hydrogens is 258 g/mol. The zero-order valence-corrected chi connectivity index (χ0v) is 12.8. The number of likely N-dealkylation sites (N-methyl/N-ethyl adjacent to an activating group) is 1. The second-order valence-electron chi connectivity index (χ2n) is 5.77. The van der Waals surface area contributed by atoms with Crippen LogP contribution in [0.15, 0.2) is 18.2 Å². The number of hydrogen-bond donors (Lipinski definition) is 1. The van der Waals surface area contributed by atoms with Crippen molar-refractivity contribution < 1.29 is 0 Å². The molecule has 2 unspecified atom stereocenters. The normalized spacial score (nSPS) is 22.6. The highest BCUT2D eigenvalue weighted by Crippen LogP contribution is 2.30. The maximum atomic E-state index is 6.45. The highest BCUT2D eigenvalue weighted by atomic mass is 35.5. The van der Waals surface area contributed by atoms with E-state index in [4.69, 9.17) is 17.3 Å². The topological polar surface area (TPSA) is 32.5 Å². The van der Waals surface area contributed by atoms with Gasteiger partial charge in [0.1, 0.15) is 0 Å². The molecule has 3 nitrogen and oxygen atoms in total. The van der Waals surface area contributed by atoms with Gasteiger partial charge in [-0.25, -0.2) is 0 Å². The van der Waals surface area contributed by atoms with Gasteiger partial charge in [0.15, 0.2) is 0 Å². The Morgan fingerprint density at radius 1 is 1.42 bits per heavy atom. The maximum Gasteiger partial charge on any atom is 0.0642 e. The molecule has 0 saturated carbocycles. The first-order chi connectivity index (χ1) is 8.97. The third-order valence-electron chi connectivity index (χ3n) is 3.71. The lowest BCUT2D eigenvalue weighted by Gasteiger charge is -2.40. The van der Waals surface area contributed by atoms with E-state index in [0.29, 0.717) is 6.04 Å². The Morgan fingerprint density at radius 3 is 2.74 bits per heavy atom. The van der Waals surface area contributed by atoms with E-state index in [0.717, 1.165) is 36.8 Å². The van der Waals surface area contributed by atoms with E-state index in [9.17, 15) is 0 Å². The molecule has 2 N–H and O–H groups in total. The second-order valence-corrected chi connectivity index (χ2v) is 6.18. The molecule has 4 heteroatoms. The van der Waals surface area contributed by atoms with E-state index >= 15 is 0 Å². The fraction of sp³-hybridized carbons (Fsp3) is 0.600. The largest absolute Gasteiger partial charge is 0.365 e. The molecule has 0 aliphatic carbocycles. The van der Waals surface area contributed by atoms with Crippen LogP contribution in [0.4, 0.5) is 5.69 Å². The molecule has 1 aliphatic heterocycles. The van der Waals surface area contributed by atoms with Gasteiger partial charge >= 0.3 is 0 Å². The molecule has 1 aromatic carbocycles. The number of benzene rings is 1. The minimum atomic E-state index is 0.171. The van der Waals surface area contributed by atoms with Gasteiger partial charge in [0, 0.05) is 31.7 Å². The van der Waals surface area contributed by atoms with E-state index in [1.807, 2.05) is 6.92 Å². The number of nitrogens with zero attached hydrogens (tertiary/aromatic N) is 2. The number of anilines is 1. The molecule has 0 spiro atoms. The van der Waals surface area contributed by atoms with Crippen LogP contribution >= 0.6 is 11.6 Å². The van der Waals surface area contributed by atoms with E-state index in [1.165, 1.54) is 5.56 Å². The van der Waals surface area contributed by atoms with Crippen LogP contribution in [0.3, 0.4) is 0 Å². The molecule has 19 heavy (non-hydrogen) atoms. The Morgan fingerprint density at radius 2 is 2.16 bits per heavy atom. The minimum Gasteiger partial charge on any atom is -0.365 e. The van der Waals surface area contributed by atoms with Crippen molar-refractivity contribution in [3.05, 3.63) is 28.8 Å². The fourth-order valence-corrected chi connectivity index (χ4v) is 3.09. The quantitative estimate of drug-likeness (QED) is 0.923. The Hall–Kier alpha value is -0.770. The van der Waals surface area contributed by atoms with Crippen molar-refractivity contribution >= 4 is 17.3 Å². The summed E-state index contributed by atoms with van der Waals surface area (Å²) in [5.41, 5.74) is 8.20. The molecule has 106 valence electrons. The lowest BCUT2D eigenvalue weighted by molar-refractivity contribution is 0.275. The highest BCUT2D eigenvalue weighted by Gasteiger charge is 2.23. The van der Waals surface area contributed by atoms with Crippen LogP contribution in [0.5, 0.6) is 0 Å². The molecule has 0 amide bonds. The first kappa shape index (κ1) is 14.6. The van der Waals surface area contributed by atoms with Crippen molar-refractivity contribution in [3.63, 3.8) is 0 Å². The van der Waals surface area contributed by atoms with Crippen molar-refractivity contribution in [2.24, 2.45) is 5.73 Å². The number of piperazine rings is 1. The molecule has 1 saturated heterocycles. The monoisotopic (exact) mass is 281 g/mol. The lowest BCUT2D eigenvalue weighted by atomic mass is 10.1. The van der Waals surface area contributed by atoms with Gasteiger partial charge in [-0.2, -0.15) is 0 Å². The molecule has 1 fully saturated rings. The average molecular weight is 282 g/mol. The smallest absolute Gasteiger partial charge is 0.0642 e. The van der Waals surface area contributed by atoms with Gasteiger partial charge in [-0.05, 0) is 45.0 Å².